The Morgan fingerprint density at radius 3 is 2.27 bits per heavy atom. The first-order valence-corrected chi connectivity index (χ1v) is 5.41. The number of terminal acetylenes is 1. The Bertz CT molecular complexity index is 321. The van der Waals surface area contributed by atoms with Crippen molar-refractivity contribution in [3.63, 3.8) is 0 Å². The summed E-state index contributed by atoms with van der Waals surface area (Å²) in [6.07, 6.45) is 5.39. The highest BCUT2D eigenvalue weighted by Crippen LogP contribution is 2.21. The Labute approximate surface area is 93.1 Å². The molecule has 15 heavy (non-hydrogen) atoms. The monoisotopic (exact) mass is 201 g/mol. The van der Waals surface area contributed by atoms with Crippen LogP contribution < -0.4 is 0 Å². The van der Waals surface area contributed by atoms with Crippen LogP contribution in [0.5, 0.6) is 0 Å². The summed E-state index contributed by atoms with van der Waals surface area (Å²) in [4.78, 5) is 2.31. The number of hydrogen-bond acceptors (Lipinski definition) is 1. The van der Waals surface area contributed by atoms with Gasteiger partial charge in [-0.05, 0) is 26.3 Å². The molecule has 0 aromatic heterocycles. The van der Waals surface area contributed by atoms with Gasteiger partial charge in [-0.2, -0.15) is 0 Å². The smallest absolute Gasteiger partial charge is 0.0606 e. The van der Waals surface area contributed by atoms with Crippen molar-refractivity contribution < 1.29 is 0 Å². The second-order valence-corrected chi connectivity index (χ2v) is 4.06. The summed E-state index contributed by atoms with van der Waals surface area (Å²) in [5.74, 6) is 2.73. The van der Waals surface area contributed by atoms with E-state index in [9.17, 15) is 0 Å². The molecule has 1 aromatic rings. The van der Waals surface area contributed by atoms with Crippen LogP contribution in [0.1, 0.15) is 32.4 Å². The van der Waals surface area contributed by atoms with E-state index < -0.39 is 0 Å². The topological polar surface area (TPSA) is 3.24 Å². The zero-order valence-corrected chi connectivity index (χ0v) is 9.77. The van der Waals surface area contributed by atoms with Gasteiger partial charge >= 0.3 is 0 Å². The average Bonchev–Trinajstić information content (AvgIpc) is 2.26. The van der Waals surface area contributed by atoms with Gasteiger partial charge in [0.05, 0.1) is 6.54 Å². The second-order valence-electron chi connectivity index (χ2n) is 4.06. The van der Waals surface area contributed by atoms with Crippen molar-refractivity contribution in [2.75, 3.05) is 6.54 Å². The van der Waals surface area contributed by atoms with E-state index >= 15 is 0 Å². The molecule has 0 spiro atoms. The molecule has 0 bridgehead atoms. The van der Waals surface area contributed by atoms with Gasteiger partial charge in [0.25, 0.3) is 0 Å². The summed E-state index contributed by atoms with van der Waals surface area (Å²) in [5, 5.41) is 0. The van der Waals surface area contributed by atoms with Gasteiger partial charge in [0, 0.05) is 12.1 Å². The number of nitrogens with zero attached hydrogens (tertiary/aromatic N) is 1. The highest BCUT2D eigenvalue weighted by atomic mass is 15.2. The Hall–Kier alpha value is -1.26. The van der Waals surface area contributed by atoms with Crippen molar-refractivity contribution in [2.45, 2.75) is 32.9 Å². The molecule has 1 atom stereocenters. The summed E-state index contributed by atoms with van der Waals surface area (Å²) < 4.78 is 0. The van der Waals surface area contributed by atoms with E-state index in [1.807, 2.05) is 6.07 Å². The van der Waals surface area contributed by atoms with Gasteiger partial charge in [0.15, 0.2) is 0 Å². The van der Waals surface area contributed by atoms with Crippen molar-refractivity contribution in [3.8, 4) is 12.3 Å². The normalized spacial score (nSPS) is 12.8. The fraction of sp³-hybridized carbons (Fsp3) is 0.429. The van der Waals surface area contributed by atoms with Gasteiger partial charge < -0.3 is 0 Å². The number of rotatable bonds is 4. The lowest BCUT2D eigenvalue weighted by atomic mass is 10.1. The third kappa shape index (κ3) is 3.11. The van der Waals surface area contributed by atoms with Gasteiger partial charge in [-0.25, -0.2) is 0 Å². The molecule has 0 N–H and O–H groups in total. The molecule has 0 fully saturated rings. The number of benzene rings is 1. The first-order chi connectivity index (χ1) is 7.16. The van der Waals surface area contributed by atoms with Crippen molar-refractivity contribution in [2.24, 2.45) is 0 Å². The molecule has 0 aliphatic carbocycles. The Balaban J connectivity index is 2.82. The lowest BCUT2D eigenvalue weighted by molar-refractivity contribution is 0.188. The average molecular weight is 201 g/mol. The Morgan fingerprint density at radius 1 is 1.20 bits per heavy atom. The Morgan fingerprint density at radius 2 is 1.80 bits per heavy atom. The van der Waals surface area contributed by atoms with Gasteiger partial charge in [0.2, 0.25) is 0 Å². The van der Waals surface area contributed by atoms with Crippen molar-refractivity contribution >= 4 is 0 Å². The predicted octanol–water partition coefficient (Wildman–Crippen LogP) is 3.09. The molecule has 80 valence electrons. The molecule has 1 nitrogen and oxygen atoms in total. The van der Waals surface area contributed by atoms with Crippen LogP contribution in [-0.4, -0.2) is 17.5 Å². The quantitative estimate of drug-likeness (QED) is 0.677. The lowest BCUT2D eigenvalue weighted by Gasteiger charge is -2.31. The summed E-state index contributed by atoms with van der Waals surface area (Å²) in [6.45, 7) is 7.26. The minimum Gasteiger partial charge on any atom is -0.283 e. The van der Waals surface area contributed by atoms with Crippen molar-refractivity contribution in [3.05, 3.63) is 35.9 Å². The SMILES string of the molecule is C#CCN(C(C)C)C(C)c1ccccc1. The standard InChI is InChI=1S/C14H19N/c1-5-11-15(12(2)3)13(4)14-9-7-6-8-10-14/h1,6-10,12-13H,11H2,2-4H3. The maximum Gasteiger partial charge on any atom is 0.0606 e. The molecule has 1 rings (SSSR count). The van der Waals surface area contributed by atoms with Crippen molar-refractivity contribution in [1.82, 2.24) is 4.90 Å². The second kappa shape index (κ2) is 5.58. The third-order valence-corrected chi connectivity index (χ3v) is 2.72. The van der Waals surface area contributed by atoms with E-state index in [2.05, 4.69) is 55.9 Å². The maximum atomic E-state index is 5.39. The van der Waals surface area contributed by atoms with Crippen LogP contribution in [0, 0.1) is 12.3 Å². The third-order valence-electron chi connectivity index (χ3n) is 2.72. The largest absolute Gasteiger partial charge is 0.283 e. The van der Waals surface area contributed by atoms with E-state index in [1.54, 1.807) is 0 Å². The molecule has 1 unspecified atom stereocenters. The summed E-state index contributed by atoms with van der Waals surface area (Å²) in [5.41, 5.74) is 1.32. The first kappa shape index (κ1) is 11.8. The van der Waals surface area contributed by atoms with Crippen molar-refractivity contribution in [1.29, 1.82) is 0 Å². The molecule has 0 aliphatic rings. The van der Waals surface area contributed by atoms with Crippen LogP contribution in [0.4, 0.5) is 0 Å². The minimum atomic E-state index is 0.377. The fourth-order valence-electron chi connectivity index (χ4n) is 1.80. The van der Waals surface area contributed by atoms with Gasteiger partial charge in [-0.3, -0.25) is 4.90 Å². The highest BCUT2D eigenvalue weighted by Gasteiger charge is 2.16. The Kier molecular flexibility index (Phi) is 4.39. The van der Waals surface area contributed by atoms with Crippen LogP contribution in [0.2, 0.25) is 0 Å². The van der Waals surface area contributed by atoms with E-state index in [0.717, 1.165) is 0 Å². The fourth-order valence-corrected chi connectivity index (χ4v) is 1.80. The predicted molar refractivity (Wildman–Crippen MR) is 65.5 cm³/mol. The van der Waals surface area contributed by atoms with Gasteiger partial charge in [-0.1, -0.05) is 36.3 Å². The summed E-state index contributed by atoms with van der Waals surface area (Å²) in [7, 11) is 0. The van der Waals surface area contributed by atoms with Crippen LogP contribution in [0.25, 0.3) is 0 Å². The molecule has 0 radical (unpaired) electrons. The van der Waals surface area contributed by atoms with E-state index in [4.69, 9.17) is 6.42 Å². The van der Waals surface area contributed by atoms with Crippen LogP contribution in [0.15, 0.2) is 30.3 Å². The maximum absolute atomic E-state index is 5.39. The van der Waals surface area contributed by atoms with E-state index in [0.29, 0.717) is 18.6 Å². The molecule has 0 saturated heterocycles. The molecular formula is C14H19N. The molecule has 1 aromatic carbocycles. The minimum absolute atomic E-state index is 0.377. The summed E-state index contributed by atoms with van der Waals surface area (Å²) in [6, 6.07) is 11.3. The molecular weight excluding hydrogens is 182 g/mol. The zero-order chi connectivity index (χ0) is 11.3. The van der Waals surface area contributed by atoms with Crippen LogP contribution in [-0.2, 0) is 0 Å². The van der Waals surface area contributed by atoms with Crippen LogP contribution in [0.3, 0.4) is 0 Å². The number of hydrogen-bond donors (Lipinski definition) is 0. The van der Waals surface area contributed by atoms with E-state index in [1.165, 1.54) is 5.56 Å². The van der Waals surface area contributed by atoms with Gasteiger partial charge in [-0.15, -0.1) is 6.42 Å². The molecule has 1 heteroatoms. The summed E-state index contributed by atoms with van der Waals surface area (Å²) >= 11 is 0. The molecule has 0 aliphatic heterocycles. The highest BCUT2D eigenvalue weighted by molar-refractivity contribution is 5.18. The lowest BCUT2D eigenvalue weighted by Crippen LogP contribution is -2.33. The first-order valence-electron chi connectivity index (χ1n) is 5.41. The molecule has 0 amide bonds. The molecule has 0 saturated carbocycles. The van der Waals surface area contributed by atoms with E-state index in [-0.39, 0.29) is 0 Å². The van der Waals surface area contributed by atoms with Crippen LogP contribution >= 0.6 is 0 Å². The van der Waals surface area contributed by atoms with Gasteiger partial charge in [0.1, 0.15) is 0 Å². The molecule has 0 heterocycles. The zero-order valence-electron chi connectivity index (χ0n) is 9.77.